The summed E-state index contributed by atoms with van der Waals surface area (Å²) in [5.74, 6) is -0.418. The van der Waals surface area contributed by atoms with Crippen molar-refractivity contribution in [1.29, 1.82) is 0 Å². The molecular formula is C29H32N4O7S. The molecule has 0 radical (unpaired) electrons. The lowest BCUT2D eigenvalue weighted by Crippen LogP contribution is -2.38. The monoisotopic (exact) mass is 580 g/mol. The SMILES string of the molecule is COc1ccc(N(CC(=O)Nc2ccccc2C(=O)N2CCCCCC2)S(=O)(=O)c2ccc(C)c([N+](=O)[O-])c2)cc1. The molecule has 41 heavy (non-hydrogen) atoms. The molecule has 0 atom stereocenters. The predicted octanol–water partition coefficient (Wildman–Crippen LogP) is 4.76. The number of nitro groups is 1. The minimum atomic E-state index is -4.43. The number of amides is 2. The summed E-state index contributed by atoms with van der Waals surface area (Å²) in [5.41, 5.74) is 0.679. The standard InChI is InChI=1S/C29H32N4O7S/c1-21-11-16-24(19-27(21)33(36)37)41(38,39)32(22-12-14-23(40-2)15-13-22)20-28(34)30-26-10-6-5-9-25(26)29(35)31-17-7-3-4-8-18-31/h5-6,9-16,19H,3-4,7-8,17-18,20H2,1-2H3,(H,30,34). The van der Waals surface area contributed by atoms with E-state index < -0.39 is 27.4 Å². The van der Waals surface area contributed by atoms with Gasteiger partial charge in [-0.25, -0.2) is 8.42 Å². The number of likely N-dealkylation sites (tertiary alicyclic amines) is 1. The van der Waals surface area contributed by atoms with Gasteiger partial charge in [-0.05, 0) is 62.2 Å². The van der Waals surface area contributed by atoms with Gasteiger partial charge in [0.05, 0.1) is 33.9 Å². The number of para-hydroxylation sites is 1. The van der Waals surface area contributed by atoms with Gasteiger partial charge >= 0.3 is 0 Å². The Balaban J connectivity index is 1.65. The number of sulfonamides is 1. The average molecular weight is 581 g/mol. The Hall–Kier alpha value is -4.45. The Morgan fingerprint density at radius 2 is 1.66 bits per heavy atom. The number of carbonyl (C=O) groups excluding carboxylic acids is 2. The normalized spacial score (nSPS) is 13.7. The Morgan fingerprint density at radius 3 is 2.29 bits per heavy atom. The van der Waals surface area contributed by atoms with Gasteiger partial charge in [-0.1, -0.05) is 31.0 Å². The summed E-state index contributed by atoms with van der Waals surface area (Å²) in [7, 11) is -2.96. The third-order valence-corrected chi connectivity index (χ3v) is 8.71. The van der Waals surface area contributed by atoms with E-state index >= 15 is 0 Å². The fourth-order valence-electron chi connectivity index (χ4n) is 4.68. The van der Waals surface area contributed by atoms with Crippen molar-refractivity contribution < 1.29 is 27.7 Å². The molecule has 1 saturated heterocycles. The highest BCUT2D eigenvalue weighted by Crippen LogP contribution is 2.29. The fraction of sp³-hybridized carbons (Fsp3) is 0.310. The topological polar surface area (TPSA) is 139 Å². The van der Waals surface area contributed by atoms with E-state index in [4.69, 9.17) is 4.74 Å². The molecule has 1 N–H and O–H groups in total. The van der Waals surface area contributed by atoms with Crippen LogP contribution in [0.3, 0.4) is 0 Å². The largest absolute Gasteiger partial charge is 0.497 e. The number of nitrogens with one attached hydrogen (secondary N) is 1. The maximum Gasteiger partial charge on any atom is 0.273 e. The number of aryl methyl sites for hydroxylation is 1. The molecule has 1 aliphatic rings. The molecule has 3 aromatic rings. The summed E-state index contributed by atoms with van der Waals surface area (Å²) >= 11 is 0. The molecule has 216 valence electrons. The van der Waals surface area contributed by atoms with Gasteiger partial charge in [0.15, 0.2) is 0 Å². The maximum absolute atomic E-state index is 13.8. The molecule has 0 aromatic heterocycles. The van der Waals surface area contributed by atoms with Crippen LogP contribution >= 0.6 is 0 Å². The number of methoxy groups -OCH3 is 1. The van der Waals surface area contributed by atoms with Crippen LogP contribution in [0.2, 0.25) is 0 Å². The van der Waals surface area contributed by atoms with Crippen molar-refractivity contribution in [2.45, 2.75) is 37.5 Å². The highest BCUT2D eigenvalue weighted by molar-refractivity contribution is 7.92. The highest BCUT2D eigenvalue weighted by atomic mass is 32.2. The molecule has 0 bridgehead atoms. The first-order valence-corrected chi connectivity index (χ1v) is 14.7. The first kappa shape index (κ1) is 29.5. The van der Waals surface area contributed by atoms with E-state index in [0.29, 0.717) is 30.0 Å². The van der Waals surface area contributed by atoms with Crippen molar-refractivity contribution in [3.05, 3.63) is 88.0 Å². The second kappa shape index (κ2) is 12.8. The second-order valence-electron chi connectivity index (χ2n) is 9.72. The highest BCUT2D eigenvalue weighted by Gasteiger charge is 2.30. The lowest BCUT2D eigenvalue weighted by molar-refractivity contribution is -0.385. The van der Waals surface area contributed by atoms with Crippen molar-refractivity contribution in [3.8, 4) is 5.75 Å². The van der Waals surface area contributed by atoms with E-state index in [-0.39, 0.29) is 27.9 Å². The van der Waals surface area contributed by atoms with Gasteiger partial charge in [0, 0.05) is 24.7 Å². The van der Waals surface area contributed by atoms with E-state index in [1.807, 2.05) is 0 Å². The number of hydrogen-bond donors (Lipinski definition) is 1. The molecule has 1 aliphatic heterocycles. The van der Waals surface area contributed by atoms with Crippen molar-refractivity contribution in [3.63, 3.8) is 0 Å². The van der Waals surface area contributed by atoms with Crippen LogP contribution in [0.15, 0.2) is 71.6 Å². The summed E-state index contributed by atoms with van der Waals surface area (Å²) < 4.78 is 33.7. The lowest BCUT2D eigenvalue weighted by atomic mass is 10.1. The Morgan fingerprint density at radius 1 is 1.00 bits per heavy atom. The quantitative estimate of drug-likeness (QED) is 0.284. The lowest BCUT2D eigenvalue weighted by Gasteiger charge is -2.25. The number of ether oxygens (including phenoxy) is 1. The molecule has 0 unspecified atom stereocenters. The molecule has 0 aliphatic carbocycles. The van der Waals surface area contributed by atoms with E-state index in [2.05, 4.69) is 5.32 Å². The average Bonchev–Trinajstić information content (AvgIpc) is 3.26. The van der Waals surface area contributed by atoms with Crippen LogP contribution in [0.25, 0.3) is 0 Å². The number of carbonyl (C=O) groups is 2. The molecule has 0 saturated carbocycles. The second-order valence-corrected chi connectivity index (χ2v) is 11.6. The number of anilines is 2. The van der Waals surface area contributed by atoms with Gasteiger partial charge in [0.1, 0.15) is 12.3 Å². The molecule has 1 heterocycles. The van der Waals surface area contributed by atoms with Gasteiger partial charge in [0.2, 0.25) is 5.91 Å². The van der Waals surface area contributed by atoms with Gasteiger partial charge in [-0.15, -0.1) is 0 Å². The van der Waals surface area contributed by atoms with Crippen molar-refractivity contribution >= 4 is 38.9 Å². The summed E-state index contributed by atoms with van der Waals surface area (Å²) in [6.07, 6.45) is 3.93. The molecular weight excluding hydrogens is 548 g/mol. The van der Waals surface area contributed by atoms with Crippen LogP contribution in [0, 0.1) is 17.0 Å². The molecule has 12 heteroatoms. The Bertz CT molecular complexity index is 1530. The first-order valence-electron chi connectivity index (χ1n) is 13.2. The third kappa shape index (κ3) is 6.83. The van der Waals surface area contributed by atoms with Gasteiger partial charge in [-0.2, -0.15) is 0 Å². The van der Waals surface area contributed by atoms with Gasteiger partial charge in [-0.3, -0.25) is 24.0 Å². The zero-order valence-corrected chi connectivity index (χ0v) is 23.7. The van der Waals surface area contributed by atoms with Crippen LogP contribution in [0.1, 0.15) is 41.6 Å². The van der Waals surface area contributed by atoms with Crippen molar-refractivity contribution in [2.24, 2.45) is 0 Å². The fourth-order valence-corrected chi connectivity index (χ4v) is 6.12. The van der Waals surface area contributed by atoms with Crippen LogP contribution in [0.5, 0.6) is 5.75 Å². The molecule has 11 nitrogen and oxygen atoms in total. The minimum Gasteiger partial charge on any atom is -0.497 e. The zero-order chi connectivity index (χ0) is 29.6. The Labute approximate surface area is 238 Å². The Kier molecular flexibility index (Phi) is 9.23. The number of nitro benzene ring substituents is 1. The zero-order valence-electron chi connectivity index (χ0n) is 22.9. The van der Waals surface area contributed by atoms with Crippen molar-refractivity contribution in [1.82, 2.24) is 4.90 Å². The minimum absolute atomic E-state index is 0.151. The van der Waals surface area contributed by atoms with E-state index in [1.54, 1.807) is 41.3 Å². The summed E-state index contributed by atoms with van der Waals surface area (Å²) in [4.78, 5) is 39.0. The first-order chi connectivity index (χ1) is 19.6. The maximum atomic E-state index is 13.8. The van der Waals surface area contributed by atoms with Gasteiger partial charge in [0.25, 0.3) is 21.6 Å². The van der Waals surface area contributed by atoms with Crippen LogP contribution in [0.4, 0.5) is 17.1 Å². The predicted molar refractivity (Wildman–Crippen MR) is 155 cm³/mol. The molecule has 3 aromatic carbocycles. The van der Waals surface area contributed by atoms with E-state index in [0.717, 1.165) is 36.1 Å². The molecule has 1 fully saturated rings. The number of nitrogens with zero attached hydrogens (tertiary/aromatic N) is 3. The van der Waals surface area contributed by atoms with Gasteiger partial charge < -0.3 is 15.0 Å². The number of rotatable bonds is 9. The molecule has 4 rings (SSSR count). The summed E-state index contributed by atoms with van der Waals surface area (Å²) in [6, 6.07) is 16.2. The van der Waals surface area contributed by atoms with E-state index in [9.17, 15) is 28.1 Å². The molecule has 2 amide bonds. The van der Waals surface area contributed by atoms with Crippen molar-refractivity contribution in [2.75, 3.05) is 36.4 Å². The number of benzene rings is 3. The van der Waals surface area contributed by atoms with Crippen LogP contribution in [-0.2, 0) is 14.8 Å². The van der Waals surface area contributed by atoms with Crippen LogP contribution in [-0.4, -0.2) is 56.8 Å². The summed E-state index contributed by atoms with van der Waals surface area (Å²) in [6.45, 7) is 2.12. The van der Waals surface area contributed by atoms with E-state index in [1.165, 1.54) is 38.3 Å². The third-order valence-electron chi connectivity index (χ3n) is 6.94. The van der Waals surface area contributed by atoms with Crippen LogP contribution < -0.4 is 14.4 Å². The number of hydrogen-bond acceptors (Lipinski definition) is 7. The molecule has 0 spiro atoms. The summed E-state index contributed by atoms with van der Waals surface area (Å²) in [5, 5.41) is 14.2. The smallest absolute Gasteiger partial charge is 0.273 e.